The number of aromatic nitrogens is 3. The maximum atomic E-state index is 5.14. The maximum absolute atomic E-state index is 5.14. The fourth-order valence-corrected chi connectivity index (χ4v) is 2.61. The lowest BCUT2D eigenvalue weighted by molar-refractivity contribution is 0.398. The predicted molar refractivity (Wildman–Crippen MR) is 83.2 cm³/mol. The highest BCUT2D eigenvalue weighted by molar-refractivity contribution is 9.10. The highest BCUT2D eigenvalue weighted by Gasteiger charge is 2.16. The first kappa shape index (κ1) is 14.7. The highest BCUT2D eigenvalue weighted by Crippen LogP contribution is 2.31. The van der Waals surface area contributed by atoms with Crippen molar-refractivity contribution in [1.82, 2.24) is 15.0 Å². The van der Waals surface area contributed by atoms with Crippen LogP contribution in [0.2, 0.25) is 0 Å². The smallest absolute Gasteiger partial charge is 0.213 e. The molecule has 2 rings (SSSR count). The monoisotopic (exact) mass is 336 g/mol. The molecule has 0 fully saturated rings. The molecule has 106 valence electrons. The van der Waals surface area contributed by atoms with Gasteiger partial charge in [0, 0.05) is 13.1 Å². The molecule has 0 aromatic carbocycles. The molecule has 2 aromatic rings. The summed E-state index contributed by atoms with van der Waals surface area (Å²) in [7, 11) is 3.42. The van der Waals surface area contributed by atoms with E-state index in [2.05, 4.69) is 50.0 Å². The third-order valence-corrected chi connectivity index (χ3v) is 3.60. The Bertz CT molecular complexity index is 616. The molecule has 0 atom stereocenters. The Kier molecular flexibility index (Phi) is 4.54. The van der Waals surface area contributed by atoms with E-state index in [1.807, 2.05) is 19.2 Å². The zero-order valence-corrected chi connectivity index (χ0v) is 13.5. The molecule has 0 aliphatic carbocycles. The molecule has 0 unspecified atom stereocenters. The van der Waals surface area contributed by atoms with Gasteiger partial charge in [0.05, 0.1) is 17.3 Å². The molecular weight excluding hydrogens is 320 g/mol. The van der Waals surface area contributed by atoms with Crippen LogP contribution in [0.4, 0.5) is 5.82 Å². The molecule has 2 aromatic heterocycles. The van der Waals surface area contributed by atoms with Crippen molar-refractivity contribution < 1.29 is 4.74 Å². The van der Waals surface area contributed by atoms with E-state index in [0.717, 1.165) is 16.0 Å². The van der Waals surface area contributed by atoms with E-state index in [-0.39, 0.29) is 5.92 Å². The van der Waals surface area contributed by atoms with E-state index in [0.29, 0.717) is 17.4 Å². The molecule has 5 nitrogen and oxygen atoms in total. The summed E-state index contributed by atoms with van der Waals surface area (Å²) in [6.45, 7) is 4.19. The van der Waals surface area contributed by atoms with Gasteiger partial charge in [-0.3, -0.25) is 0 Å². The maximum Gasteiger partial charge on any atom is 0.213 e. The fraction of sp³-hybridized carbons (Fsp3) is 0.357. The Balaban J connectivity index is 2.58. The number of nitrogens with one attached hydrogen (secondary N) is 1. The lowest BCUT2D eigenvalue weighted by Gasteiger charge is -2.13. The molecule has 0 saturated heterocycles. The molecule has 0 radical (unpaired) electrons. The van der Waals surface area contributed by atoms with E-state index in [1.165, 1.54) is 0 Å². The van der Waals surface area contributed by atoms with Crippen molar-refractivity contribution in [1.29, 1.82) is 0 Å². The Morgan fingerprint density at radius 2 is 1.95 bits per heavy atom. The topological polar surface area (TPSA) is 59.9 Å². The van der Waals surface area contributed by atoms with Crippen LogP contribution >= 0.6 is 15.9 Å². The molecule has 0 bridgehead atoms. The summed E-state index contributed by atoms with van der Waals surface area (Å²) in [6, 6.07) is 5.54. The standard InChI is InChI=1S/C14H17BrN4O/c1-8(2)12-11(15)14(16-3)19-13(18-12)9-6-5-7-10(17-9)20-4/h5-8H,1-4H3,(H,16,18,19). The molecule has 2 heterocycles. The molecule has 0 amide bonds. The summed E-state index contributed by atoms with van der Waals surface area (Å²) in [5.74, 6) is 2.17. The SMILES string of the molecule is CNc1nc(-c2cccc(OC)n2)nc(C(C)C)c1Br. The van der Waals surface area contributed by atoms with Crippen LogP contribution in [0.1, 0.15) is 25.5 Å². The number of pyridine rings is 1. The quantitative estimate of drug-likeness (QED) is 0.926. The summed E-state index contributed by atoms with van der Waals surface area (Å²) in [5, 5.41) is 3.07. The van der Waals surface area contributed by atoms with Crippen LogP contribution < -0.4 is 10.1 Å². The van der Waals surface area contributed by atoms with Gasteiger partial charge < -0.3 is 10.1 Å². The van der Waals surface area contributed by atoms with Crippen molar-refractivity contribution in [2.75, 3.05) is 19.5 Å². The Hall–Kier alpha value is -1.69. The van der Waals surface area contributed by atoms with Gasteiger partial charge in [0.15, 0.2) is 5.82 Å². The highest BCUT2D eigenvalue weighted by atomic mass is 79.9. The number of methoxy groups -OCH3 is 1. The minimum atomic E-state index is 0.281. The molecule has 0 saturated carbocycles. The van der Waals surface area contributed by atoms with E-state index >= 15 is 0 Å². The van der Waals surface area contributed by atoms with Crippen LogP contribution in [0.5, 0.6) is 5.88 Å². The van der Waals surface area contributed by atoms with Crippen molar-refractivity contribution in [3.05, 3.63) is 28.4 Å². The number of hydrogen-bond acceptors (Lipinski definition) is 5. The minimum Gasteiger partial charge on any atom is -0.481 e. The van der Waals surface area contributed by atoms with E-state index in [4.69, 9.17) is 4.74 Å². The molecule has 6 heteroatoms. The van der Waals surface area contributed by atoms with Gasteiger partial charge in [-0.1, -0.05) is 19.9 Å². The third-order valence-electron chi connectivity index (χ3n) is 2.82. The molecule has 0 spiro atoms. The normalized spacial score (nSPS) is 10.7. The van der Waals surface area contributed by atoms with Crippen molar-refractivity contribution >= 4 is 21.7 Å². The first-order valence-corrected chi connectivity index (χ1v) is 7.12. The summed E-state index contributed by atoms with van der Waals surface area (Å²) in [5.41, 5.74) is 1.64. The van der Waals surface area contributed by atoms with Gasteiger partial charge in [-0.2, -0.15) is 0 Å². The van der Waals surface area contributed by atoms with Crippen LogP contribution in [0.3, 0.4) is 0 Å². The average Bonchev–Trinajstić information content (AvgIpc) is 2.47. The van der Waals surface area contributed by atoms with Crippen LogP contribution in [0.25, 0.3) is 11.5 Å². The third kappa shape index (κ3) is 2.90. The van der Waals surface area contributed by atoms with Gasteiger partial charge in [0.25, 0.3) is 0 Å². The second-order valence-corrected chi connectivity index (χ2v) is 5.36. The zero-order chi connectivity index (χ0) is 14.7. The van der Waals surface area contributed by atoms with E-state index < -0.39 is 0 Å². The van der Waals surface area contributed by atoms with Gasteiger partial charge in [-0.25, -0.2) is 15.0 Å². The number of hydrogen-bond donors (Lipinski definition) is 1. The second kappa shape index (κ2) is 6.17. The number of halogens is 1. The summed E-state index contributed by atoms with van der Waals surface area (Å²) in [6.07, 6.45) is 0. The van der Waals surface area contributed by atoms with Gasteiger partial charge in [0.2, 0.25) is 5.88 Å². The van der Waals surface area contributed by atoms with Crippen molar-refractivity contribution in [3.63, 3.8) is 0 Å². The van der Waals surface area contributed by atoms with Crippen LogP contribution in [0, 0.1) is 0 Å². The molecule has 0 aliphatic rings. The van der Waals surface area contributed by atoms with Crippen molar-refractivity contribution in [2.24, 2.45) is 0 Å². The van der Waals surface area contributed by atoms with Crippen LogP contribution in [-0.2, 0) is 0 Å². The van der Waals surface area contributed by atoms with E-state index in [1.54, 1.807) is 13.2 Å². The molecule has 0 aliphatic heterocycles. The number of nitrogens with zero attached hydrogens (tertiary/aromatic N) is 3. The van der Waals surface area contributed by atoms with Gasteiger partial charge in [-0.05, 0) is 27.9 Å². The largest absolute Gasteiger partial charge is 0.481 e. The van der Waals surface area contributed by atoms with Crippen molar-refractivity contribution in [2.45, 2.75) is 19.8 Å². The van der Waals surface area contributed by atoms with E-state index in [9.17, 15) is 0 Å². The Morgan fingerprint density at radius 1 is 1.20 bits per heavy atom. The molecule has 20 heavy (non-hydrogen) atoms. The Labute approximate surface area is 127 Å². The number of ether oxygens (including phenoxy) is 1. The van der Waals surface area contributed by atoms with Gasteiger partial charge in [-0.15, -0.1) is 0 Å². The summed E-state index contributed by atoms with van der Waals surface area (Å²) >= 11 is 3.54. The molecule has 1 N–H and O–H groups in total. The van der Waals surface area contributed by atoms with Crippen LogP contribution in [-0.4, -0.2) is 29.1 Å². The summed E-state index contributed by atoms with van der Waals surface area (Å²) in [4.78, 5) is 13.5. The number of anilines is 1. The lowest BCUT2D eigenvalue weighted by atomic mass is 10.1. The average molecular weight is 337 g/mol. The predicted octanol–water partition coefficient (Wildman–Crippen LogP) is 3.47. The fourth-order valence-electron chi connectivity index (χ4n) is 1.78. The molecular formula is C14H17BrN4O. The lowest BCUT2D eigenvalue weighted by Crippen LogP contribution is -2.05. The zero-order valence-electron chi connectivity index (χ0n) is 11.9. The first-order valence-electron chi connectivity index (χ1n) is 6.33. The van der Waals surface area contributed by atoms with Crippen molar-refractivity contribution in [3.8, 4) is 17.4 Å². The first-order chi connectivity index (χ1) is 9.56. The van der Waals surface area contributed by atoms with Crippen LogP contribution in [0.15, 0.2) is 22.7 Å². The summed E-state index contributed by atoms with van der Waals surface area (Å²) < 4.78 is 6.03. The second-order valence-electron chi connectivity index (χ2n) is 4.56. The van der Waals surface area contributed by atoms with Gasteiger partial charge >= 0.3 is 0 Å². The number of rotatable bonds is 4. The Morgan fingerprint density at radius 3 is 2.55 bits per heavy atom. The van der Waals surface area contributed by atoms with Gasteiger partial charge in [0.1, 0.15) is 11.5 Å². The minimum absolute atomic E-state index is 0.281.